The molecule has 9 heteroatoms. The van der Waals surface area contributed by atoms with Crippen LogP contribution >= 0.6 is 11.6 Å². The first-order chi connectivity index (χ1) is 13.8. The first-order valence-electron chi connectivity index (χ1n) is 9.32. The van der Waals surface area contributed by atoms with E-state index in [9.17, 15) is 4.39 Å². The highest BCUT2D eigenvalue weighted by molar-refractivity contribution is 6.30. The second-order valence-corrected chi connectivity index (χ2v) is 8.19. The Balaban J connectivity index is 1.52. The second kappa shape index (κ2) is 6.72. The van der Waals surface area contributed by atoms with E-state index in [2.05, 4.69) is 9.97 Å². The molecule has 5 rings (SSSR count). The van der Waals surface area contributed by atoms with Gasteiger partial charge in [0.05, 0.1) is 11.1 Å². The standard InChI is InChI=1S/C20H20ClFN4O3/c1-20(2)28-16-15(14(23)10-3-4-12(21)13(22)7-10)27-19(17(16)29-20)26-6-5-11-8-24-9-25-18(11)26/h3-9,14-17,19H,23H2,1-2H3/t14-,15-,16-,17-,19-/m1/s1. The van der Waals surface area contributed by atoms with Gasteiger partial charge in [0, 0.05) is 17.8 Å². The van der Waals surface area contributed by atoms with Gasteiger partial charge in [-0.25, -0.2) is 14.4 Å². The predicted octanol–water partition coefficient (Wildman–Crippen LogP) is 3.34. The lowest BCUT2D eigenvalue weighted by Crippen LogP contribution is -2.38. The summed E-state index contributed by atoms with van der Waals surface area (Å²) in [5.41, 5.74) is 7.79. The number of halogens is 2. The summed E-state index contributed by atoms with van der Waals surface area (Å²) < 4.78 is 34.5. The Labute approximate surface area is 171 Å². The number of hydrogen-bond acceptors (Lipinski definition) is 6. The normalized spacial score (nSPS) is 29.3. The van der Waals surface area contributed by atoms with Crippen molar-refractivity contribution in [2.24, 2.45) is 5.73 Å². The van der Waals surface area contributed by atoms with Gasteiger partial charge in [0.15, 0.2) is 12.0 Å². The van der Waals surface area contributed by atoms with Crippen molar-refractivity contribution in [3.63, 3.8) is 0 Å². The summed E-state index contributed by atoms with van der Waals surface area (Å²) >= 11 is 5.81. The van der Waals surface area contributed by atoms with Crippen molar-refractivity contribution in [3.8, 4) is 0 Å². The Morgan fingerprint density at radius 1 is 1.24 bits per heavy atom. The van der Waals surface area contributed by atoms with Gasteiger partial charge in [-0.1, -0.05) is 17.7 Å². The number of nitrogens with two attached hydrogens (primary N) is 1. The van der Waals surface area contributed by atoms with Crippen molar-refractivity contribution in [2.45, 2.75) is 50.2 Å². The van der Waals surface area contributed by atoms with Crippen LogP contribution in [-0.2, 0) is 14.2 Å². The highest BCUT2D eigenvalue weighted by Gasteiger charge is 2.57. The molecule has 29 heavy (non-hydrogen) atoms. The summed E-state index contributed by atoms with van der Waals surface area (Å²) in [4.78, 5) is 8.42. The fraction of sp³-hybridized carbons (Fsp3) is 0.400. The molecule has 1 aromatic carbocycles. The molecule has 2 aliphatic heterocycles. The van der Waals surface area contributed by atoms with Crippen LogP contribution in [0, 0.1) is 5.82 Å². The van der Waals surface area contributed by atoms with Gasteiger partial charge in [-0.05, 0) is 37.6 Å². The molecule has 2 saturated heterocycles. The zero-order chi connectivity index (χ0) is 20.3. The number of fused-ring (bicyclic) bond motifs is 2. The van der Waals surface area contributed by atoms with E-state index < -0.39 is 42.2 Å². The molecular formula is C20H20ClFN4O3. The summed E-state index contributed by atoms with van der Waals surface area (Å²) in [5.74, 6) is -1.32. The molecule has 0 saturated carbocycles. The quantitative estimate of drug-likeness (QED) is 0.702. The van der Waals surface area contributed by atoms with Gasteiger partial charge < -0.3 is 24.5 Å². The SMILES string of the molecule is CC1(C)O[C@H]2[C@@H](O1)[C@H](n1ccc3cncnc31)O[C@@H]2[C@H](N)c1ccc(Cl)c(F)c1. The van der Waals surface area contributed by atoms with Gasteiger partial charge >= 0.3 is 0 Å². The molecule has 0 bridgehead atoms. The molecule has 0 radical (unpaired) electrons. The first kappa shape index (κ1) is 18.9. The van der Waals surface area contributed by atoms with E-state index in [1.807, 2.05) is 30.7 Å². The fourth-order valence-corrected chi connectivity index (χ4v) is 4.25. The van der Waals surface area contributed by atoms with Crippen molar-refractivity contribution in [1.29, 1.82) is 0 Å². The number of aromatic nitrogens is 3. The van der Waals surface area contributed by atoms with Crippen LogP contribution in [-0.4, -0.2) is 38.6 Å². The van der Waals surface area contributed by atoms with Crippen LogP contribution in [0.4, 0.5) is 4.39 Å². The van der Waals surface area contributed by atoms with E-state index in [1.54, 1.807) is 12.3 Å². The van der Waals surface area contributed by atoms with E-state index in [-0.39, 0.29) is 5.02 Å². The molecule has 2 aromatic heterocycles. The number of benzene rings is 1. The summed E-state index contributed by atoms with van der Waals surface area (Å²) in [6.07, 6.45) is 3.23. The fourth-order valence-electron chi connectivity index (χ4n) is 4.13. The summed E-state index contributed by atoms with van der Waals surface area (Å²) in [5, 5.41) is 0.933. The number of hydrogen-bond donors (Lipinski definition) is 1. The monoisotopic (exact) mass is 418 g/mol. The summed E-state index contributed by atoms with van der Waals surface area (Å²) in [6.45, 7) is 3.70. The molecule has 2 aliphatic rings. The largest absolute Gasteiger partial charge is 0.347 e. The number of nitrogens with zero attached hydrogens (tertiary/aromatic N) is 3. The Hall–Kier alpha value is -2.10. The first-order valence-corrected chi connectivity index (χ1v) is 9.70. The van der Waals surface area contributed by atoms with E-state index in [0.29, 0.717) is 5.56 Å². The summed E-state index contributed by atoms with van der Waals surface area (Å²) in [6, 6.07) is 5.80. The average molecular weight is 419 g/mol. The van der Waals surface area contributed by atoms with Gasteiger partial charge in [-0.2, -0.15) is 0 Å². The highest BCUT2D eigenvalue weighted by Crippen LogP contribution is 2.46. The smallest absolute Gasteiger partial charge is 0.164 e. The van der Waals surface area contributed by atoms with Crippen molar-refractivity contribution < 1.29 is 18.6 Å². The molecule has 2 fully saturated rings. The molecule has 0 aliphatic carbocycles. The van der Waals surface area contributed by atoms with Gasteiger partial charge in [0.25, 0.3) is 0 Å². The second-order valence-electron chi connectivity index (χ2n) is 7.78. The Morgan fingerprint density at radius 3 is 2.83 bits per heavy atom. The lowest BCUT2D eigenvalue weighted by Gasteiger charge is -2.27. The maximum atomic E-state index is 14.0. The van der Waals surface area contributed by atoms with Crippen molar-refractivity contribution in [1.82, 2.24) is 14.5 Å². The Morgan fingerprint density at radius 2 is 2.03 bits per heavy atom. The molecule has 0 amide bonds. The van der Waals surface area contributed by atoms with Crippen LogP contribution in [0.1, 0.15) is 31.7 Å². The zero-order valence-electron chi connectivity index (χ0n) is 15.8. The third-order valence-electron chi connectivity index (χ3n) is 5.40. The molecule has 0 spiro atoms. The maximum Gasteiger partial charge on any atom is 0.164 e. The van der Waals surface area contributed by atoms with E-state index in [1.165, 1.54) is 18.5 Å². The molecule has 7 nitrogen and oxygen atoms in total. The van der Waals surface area contributed by atoms with Gasteiger partial charge in [0.1, 0.15) is 36.1 Å². The predicted molar refractivity (Wildman–Crippen MR) is 104 cm³/mol. The van der Waals surface area contributed by atoms with Crippen LogP contribution in [0.25, 0.3) is 11.0 Å². The maximum absolute atomic E-state index is 14.0. The van der Waals surface area contributed by atoms with Crippen LogP contribution in [0.3, 0.4) is 0 Å². The van der Waals surface area contributed by atoms with Gasteiger partial charge in [-0.3, -0.25) is 0 Å². The number of rotatable bonds is 3. The van der Waals surface area contributed by atoms with Crippen LogP contribution < -0.4 is 5.73 Å². The van der Waals surface area contributed by atoms with Crippen molar-refractivity contribution >= 4 is 22.6 Å². The van der Waals surface area contributed by atoms with Crippen LogP contribution in [0.5, 0.6) is 0 Å². The van der Waals surface area contributed by atoms with Crippen molar-refractivity contribution in [3.05, 3.63) is 59.4 Å². The van der Waals surface area contributed by atoms with Gasteiger partial charge in [-0.15, -0.1) is 0 Å². The zero-order valence-corrected chi connectivity index (χ0v) is 16.6. The minimum Gasteiger partial charge on any atom is -0.347 e. The van der Waals surface area contributed by atoms with E-state index >= 15 is 0 Å². The molecule has 0 unspecified atom stereocenters. The minimum absolute atomic E-state index is 0.0455. The Bertz CT molecular complexity index is 1070. The molecule has 4 heterocycles. The molecule has 5 atom stereocenters. The Kier molecular flexibility index (Phi) is 4.38. The third-order valence-corrected chi connectivity index (χ3v) is 5.71. The van der Waals surface area contributed by atoms with E-state index in [4.69, 9.17) is 31.5 Å². The van der Waals surface area contributed by atoms with Gasteiger partial charge in [0.2, 0.25) is 0 Å². The molecule has 152 valence electrons. The molecule has 2 N–H and O–H groups in total. The van der Waals surface area contributed by atoms with E-state index in [0.717, 1.165) is 11.0 Å². The average Bonchev–Trinajstić information content (AvgIpc) is 3.34. The van der Waals surface area contributed by atoms with Crippen LogP contribution in [0.2, 0.25) is 5.02 Å². The number of ether oxygens (including phenoxy) is 3. The highest BCUT2D eigenvalue weighted by atomic mass is 35.5. The topological polar surface area (TPSA) is 84.4 Å². The molecular weight excluding hydrogens is 399 g/mol. The third kappa shape index (κ3) is 3.12. The lowest BCUT2D eigenvalue weighted by molar-refractivity contribution is -0.198. The summed E-state index contributed by atoms with van der Waals surface area (Å²) in [7, 11) is 0. The van der Waals surface area contributed by atoms with Crippen molar-refractivity contribution in [2.75, 3.05) is 0 Å². The van der Waals surface area contributed by atoms with Crippen LogP contribution in [0.15, 0.2) is 43.0 Å². The lowest BCUT2D eigenvalue weighted by atomic mass is 9.97. The minimum atomic E-state index is -0.793. The molecule has 3 aromatic rings.